The molecule has 0 aliphatic carbocycles. The number of carbonyl (C=O) groups is 3. The minimum absolute atomic E-state index is 0.0498. The molecule has 1 aromatic heterocycles. The van der Waals surface area contributed by atoms with Crippen molar-refractivity contribution >= 4 is 45.8 Å². The Hall–Kier alpha value is -3.92. The minimum Gasteiger partial charge on any atom is -0.374 e. The molecule has 11 heteroatoms. The molecule has 0 bridgehead atoms. The summed E-state index contributed by atoms with van der Waals surface area (Å²) in [4.78, 5) is 57.9. The number of pyridine rings is 1. The van der Waals surface area contributed by atoms with Gasteiger partial charge in [0.15, 0.2) is 0 Å². The van der Waals surface area contributed by atoms with Gasteiger partial charge in [0.05, 0.1) is 23.7 Å². The highest BCUT2D eigenvalue weighted by Gasteiger charge is 2.28. The minimum atomic E-state index is -0.674. The van der Waals surface area contributed by atoms with Crippen molar-refractivity contribution in [2.24, 2.45) is 0 Å². The summed E-state index contributed by atoms with van der Waals surface area (Å²) in [5.41, 5.74) is 1.71. The van der Waals surface area contributed by atoms with Crippen molar-refractivity contribution < 1.29 is 18.8 Å². The van der Waals surface area contributed by atoms with Crippen LogP contribution in [0.15, 0.2) is 41.2 Å². The zero-order chi connectivity index (χ0) is 27.8. The Balaban J connectivity index is 1.31. The number of hydrogen-bond donors (Lipinski definition) is 2. The number of benzene rings is 2. The summed E-state index contributed by atoms with van der Waals surface area (Å²) in [6.45, 7) is 5.36. The molecule has 0 saturated carbocycles. The van der Waals surface area contributed by atoms with Gasteiger partial charge < -0.3 is 25.0 Å². The predicted octanol–water partition coefficient (Wildman–Crippen LogP) is 3.18. The predicted molar refractivity (Wildman–Crippen MR) is 146 cm³/mol. The molecule has 2 aliphatic rings. The summed E-state index contributed by atoms with van der Waals surface area (Å²) in [5, 5.41) is 4.00. The Bertz CT molecular complexity index is 1530. The number of fused-ring (bicyclic) bond motifs is 2. The fourth-order valence-corrected chi connectivity index (χ4v) is 5.54. The Labute approximate surface area is 229 Å². The largest absolute Gasteiger partial charge is 0.374 e. The van der Waals surface area contributed by atoms with Gasteiger partial charge in [0.2, 0.25) is 11.8 Å². The fraction of sp³-hybridized carbons (Fsp3) is 0.357. The molecule has 0 spiro atoms. The summed E-state index contributed by atoms with van der Waals surface area (Å²) in [6.07, 6.45) is 0.680. The van der Waals surface area contributed by atoms with Crippen molar-refractivity contribution in [2.45, 2.75) is 26.3 Å². The van der Waals surface area contributed by atoms with E-state index in [-0.39, 0.29) is 47.1 Å². The number of anilines is 1. The van der Waals surface area contributed by atoms with Crippen molar-refractivity contribution in [1.82, 2.24) is 19.7 Å². The van der Waals surface area contributed by atoms with Gasteiger partial charge in [-0.25, -0.2) is 4.39 Å². The lowest BCUT2D eigenvalue weighted by atomic mass is 9.93. The van der Waals surface area contributed by atoms with E-state index in [9.17, 15) is 23.6 Å². The molecular formula is C28H29ClFN5O4. The van der Waals surface area contributed by atoms with Crippen molar-refractivity contribution in [3.63, 3.8) is 0 Å². The molecular weight excluding hydrogens is 525 g/mol. The first kappa shape index (κ1) is 26.7. The standard InChI is InChI=1S/C28H29ClFN5O4/c1-16-21-4-3-20(29)11-18(21)5-6-35(16)26(37)15-31-24-12-19-13-25(32-27(38)22(19)14-23(24)30)28(39)34-9-7-33(8-10-34)17(2)36/h3-4,11-14,16,31H,5-10,15H2,1-2H3,(H,32,38)/t16-/m0/s1. The number of carbonyl (C=O) groups excluding carboxylic acids is 3. The van der Waals surface area contributed by atoms with Gasteiger partial charge in [0.1, 0.15) is 11.5 Å². The van der Waals surface area contributed by atoms with Gasteiger partial charge >= 0.3 is 0 Å². The van der Waals surface area contributed by atoms with Gasteiger partial charge in [-0.15, -0.1) is 0 Å². The highest BCUT2D eigenvalue weighted by Crippen LogP contribution is 2.31. The molecule has 5 rings (SSSR count). The van der Waals surface area contributed by atoms with E-state index < -0.39 is 11.4 Å². The van der Waals surface area contributed by atoms with Gasteiger partial charge in [0, 0.05) is 44.7 Å². The van der Waals surface area contributed by atoms with Crippen LogP contribution in [-0.4, -0.2) is 76.7 Å². The second kappa shape index (κ2) is 10.7. The number of hydrogen-bond acceptors (Lipinski definition) is 5. The van der Waals surface area contributed by atoms with Gasteiger partial charge in [-0.3, -0.25) is 19.2 Å². The first-order valence-electron chi connectivity index (χ1n) is 12.9. The topological polar surface area (TPSA) is 106 Å². The molecule has 1 saturated heterocycles. The summed E-state index contributed by atoms with van der Waals surface area (Å²) in [6, 6.07) is 9.56. The Morgan fingerprint density at radius 2 is 1.77 bits per heavy atom. The first-order chi connectivity index (χ1) is 18.6. The molecule has 39 heavy (non-hydrogen) atoms. The molecule has 2 aromatic carbocycles. The van der Waals surface area contributed by atoms with E-state index in [4.69, 9.17) is 11.6 Å². The molecule has 3 amide bonds. The maximum atomic E-state index is 14.9. The van der Waals surface area contributed by atoms with E-state index >= 15 is 0 Å². The highest BCUT2D eigenvalue weighted by atomic mass is 35.5. The van der Waals surface area contributed by atoms with E-state index in [2.05, 4.69) is 10.3 Å². The number of H-pyrrole nitrogens is 1. The zero-order valence-corrected chi connectivity index (χ0v) is 22.5. The lowest BCUT2D eigenvalue weighted by Crippen LogP contribution is -2.50. The van der Waals surface area contributed by atoms with E-state index in [1.165, 1.54) is 19.1 Å². The average Bonchev–Trinajstić information content (AvgIpc) is 2.91. The van der Waals surface area contributed by atoms with Gasteiger partial charge in [-0.05, 0) is 60.2 Å². The molecule has 204 valence electrons. The molecule has 3 heterocycles. The zero-order valence-electron chi connectivity index (χ0n) is 21.7. The molecule has 2 aliphatic heterocycles. The second-order valence-electron chi connectivity index (χ2n) is 9.94. The molecule has 0 unspecified atom stereocenters. The smallest absolute Gasteiger partial charge is 0.270 e. The van der Waals surface area contributed by atoms with Crippen molar-refractivity contribution in [1.29, 1.82) is 0 Å². The number of rotatable bonds is 4. The molecule has 2 N–H and O–H groups in total. The average molecular weight is 554 g/mol. The molecule has 0 radical (unpaired) electrons. The Morgan fingerprint density at radius 1 is 1.05 bits per heavy atom. The third-order valence-corrected chi connectivity index (χ3v) is 7.80. The van der Waals surface area contributed by atoms with Crippen LogP contribution in [0.4, 0.5) is 10.1 Å². The summed E-state index contributed by atoms with van der Waals surface area (Å²) >= 11 is 6.11. The van der Waals surface area contributed by atoms with Gasteiger partial charge in [-0.2, -0.15) is 0 Å². The normalized spacial score (nSPS) is 17.2. The van der Waals surface area contributed by atoms with Crippen LogP contribution in [-0.2, 0) is 16.0 Å². The van der Waals surface area contributed by atoms with Crippen LogP contribution in [0, 0.1) is 5.82 Å². The monoisotopic (exact) mass is 553 g/mol. The van der Waals surface area contributed by atoms with E-state index in [0.29, 0.717) is 49.6 Å². The van der Waals surface area contributed by atoms with Gasteiger partial charge in [0.25, 0.3) is 11.5 Å². The molecule has 1 atom stereocenters. The molecule has 1 fully saturated rings. The number of amides is 3. The lowest BCUT2D eigenvalue weighted by molar-refractivity contribution is -0.132. The van der Waals surface area contributed by atoms with Crippen molar-refractivity contribution in [2.75, 3.05) is 44.6 Å². The fourth-order valence-electron chi connectivity index (χ4n) is 5.35. The summed E-state index contributed by atoms with van der Waals surface area (Å²) in [5.74, 6) is -1.28. The van der Waals surface area contributed by atoms with Crippen LogP contribution in [0.1, 0.15) is 41.5 Å². The molecule has 3 aromatic rings. The number of nitrogens with zero attached hydrogens (tertiary/aromatic N) is 3. The van der Waals surface area contributed by atoms with Gasteiger partial charge in [-0.1, -0.05) is 17.7 Å². The number of halogens is 2. The quantitative estimate of drug-likeness (QED) is 0.516. The third-order valence-electron chi connectivity index (χ3n) is 7.57. The SMILES string of the molecule is CC(=O)N1CCN(C(=O)c2cc3cc(NCC(=O)N4CCc5cc(Cl)ccc5[C@@H]4C)c(F)cc3c(=O)[nH]2)CC1. The lowest BCUT2D eigenvalue weighted by Gasteiger charge is -2.35. The van der Waals surface area contributed by atoms with Crippen LogP contribution >= 0.6 is 11.6 Å². The van der Waals surface area contributed by atoms with Crippen molar-refractivity contribution in [3.05, 3.63) is 74.4 Å². The maximum Gasteiger partial charge on any atom is 0.270 e. The highest BCUT2D eigenvalue weighted by molar-refractivity contribution is 6.30. The number of nitrogens with one attached hydrogen (secondary N) is 2. The van der Waals surface area contributed by atoms with Crippen LogP contribution in [0.2, 0.25) is 5.02 Å². The van der Waals surface area contributed by atoms with Crippen LogP contribution in [0.3, 0.4) is 0 Å². The van der Waals surface area contributed by atoms with E-state index in [1.807, 2.05) is 19.1 Å². The summed E-state index contributed by atoms with van der Waals surface area (Å²) in [7, 11) is 0. The first-order valence-corrected chi connectivity index (χ1v) is 13.2. The van der Waals surface area contributed by atoms with Crippen LogP contribution in [0.5, 0.6) is 0 Å². The number of aromatic nitrogens is 1. The third kappa shape index (κ3) is 5.34. The van der Waals surface area contributed by atoms with Crippen molar-refractivity contribution in [3.8, 4) is 0 Å². The van der Waals surface area contributed by atoms with E-state index in [0.717, 1.165) is 17.2 Å². The maximum absolute atomic E-state index is 14.9. The second-order valence-corrected chi connectivity index (χ2v) is 10.4. The van der Waals surface area contributed by atoms with E-state index in [1.54, 1.807) is 20.8 Å². The Kier molecular flexibility index (Phi) is 7.31. The summed E-state index contributed by atoms with van der Waals surface area (Å²) < 4.78 is 14.9. The van der Waals surface area contributed by atoms with Crippen LogP contribution in [0.25, 0.3) is 10.8 Å². The Morgan fingerprint density at radius 3 is 2.49 bits per heavy atom. The molecule has 9 nitrogen and oxygen atoms in total. The number of aromatic amines is 1. The van der Waals surface area contributed by atoms with Crippen LogP contribution < -0.4 is 10.9 Å². The number of piperazine rings is 1.